The van der Waals surface area contributed by atoms with E-state index in [1.54, 1.807) is 17.8 Å². The van der Waals surface area contributed by atoms with Crippen LogP contribution in [0.2, 0.25) is 0 Å². The van der Waals surface area contributed by atoms with Crippen LogP contribution >= 0.6 is 23.3 Å². The Morgan fingerprint density at radius 1 is 1.43 bits per heavy atom. The molecular weight excluding hydrogens is 394 g/mol. The van der Waals surface area contributed by atoms with E-state index >= 15 is 0 Å². The normalized spacial score (nSPS) is 23.2. The third kappa shape index (κ3) is 4.47. The van der Waals surface area contributed by atoms with Crippen molar-refractivity contribution < 1.29 is 9.69 Å². The maximum absolute atomic E-state index is 12.5. The summed E-state index contributed by atoms with van der Waals surface area (Å²) in [6.07, 6.45) is 3.41. The molecule has 0 spiro atoms. The van der Waals surface area contributed by atoms with Crippen molar-refractivity contribution in [2.24, 2.45) is 5.92 Å². The van der Waals surface area contributed by atoms with Crippen LogP contribution in [0.15, 0.2) is 28.2 Å². The lowest BCUT2D eigenvalue weighted by Crippen LogP contribution is -3.15. The minimum absolute atomic E-state index is 0.0123. The lowest BCUT2D eigenvalue weighted by atomic mass is 9.83. The lowest BCUT2D eigenvalue weighted by Gasteiger charge is -2.40. The first-order valence-electron chi connectivity index (χ1n) is 9.92. The maximum Gasteiger partial charge on any atom is 0.281 e. The lowest BCUT2D eigenvalue weighted by molar-refractivity contribution is -0.903. The fraction of sp³-hybridized carbons (Fsp3) is 0.579. The van der Waals surface area contributed by atoms with Crippen LogP contribution in [-0.2, 0) is 11.3 Å². The van der Waals surface area contributed by atoms with Crippen molar-refractivity contribution in [1.82, 2.24) is 13.9 Å². The predicted octanol–water partition coefficient (Wildman–Crippen LogP) is 1.23. The molecule has 3 unspecified atom stereocenters. The molecule has 28 heavy (non-hydrogen) atoms. The van der Waals surface area contributed by atoms with E-state index in [0.717, 1.165) is 55.5 Å². The minimum Gasteiger partial charge on any atom is -0.326 e. The van der Waals surface area contributed by atoms with Crippen molar-refractivity contribution in [2.45, 2.75) is 43.8 Å². The molecule has 2 aromatic heterocycles. The van der Waals surface area contributed by atoms with Gasteiger partial charge in [-0.1, -0.05) is 31.2 Å². The van der Waals surface area contributed by atoms with Gasteiger partial charge in [-0.2, -0.15) is 9.36 Å². The summed E-state index contributed by atoms with van der Waals surface area (Å²) in [4.78, 5) is 30.3. The van der Waals surface area contributed by atoms with Gasteiger partial charge in [0.1, 0.15) is 0 Å². The number of rotatable bonds is 7. The second-order valence-electron chi connectivity index (χ2n) is 7.67. The standard InChI is InChI=1S/C19H25N5O2S2/c1-2-3-7-27-19-21-18(28-22-19)20-16(25)12-23-9-13-8-14(11-23)15-5-4-6-17(26)24(15)10-13/h4-6,13-14H,2-3,7-12H2,1H3,(H,20,21,22,25)/p+1. The largest absolute Gasteiger partial charge is 0.326 e. The quantitative estimate of drug-likeness (QED) is 0.520. The van der Waals surface area contributed by atoms with Gasteiger partial charge in [0.05, 0.1) is 13.1 Å². The van der Waals surface area contributed by atoms with E-state index in [1.165, 1.54) is 16.4 Å². The number of aromatic nitrogens is 3. The topological polar surface area (TPSA) is 81.3 Å². The van der Waals surface area contributed by atoms with Crippen molar-refractivity contribution in [3.8, 4) is 0 Å². The van der Waals surface area contributed by atoms with Crippen LogP contribution in [0.25, 0.3) is 0 Å². The van der Waals surface area contributed by atoms with Crippen molar-refractivity contribution in [3.63, 3.8) is 0 Å². The number of amides is 1. The number of fused-ring (bicyclic) bond motifs is 4. The molecule has 2 bridgehead atoms. The van der Waals surface area contributed by atoms with Gasteiger partial charge in [-0.25, -0.2) is 0 Å². The number of quaternary nitrogens is 1. The molecule has 2 aromatic rings. The van der Waals surface area contributed by atoms with Gasteiger partial charge in [-0.15, -0.1) is 0 Å². The molecule has 1 fully saturated rings. The third-order valence-corrected chi connectivity index (χ3v) is 7.15. The SMILES string of the molecule is CCCCSc1nsc(NC(=O)C[NH+]2CC3CC(C2)c2cccc(=O)n2C3)n1. The Balaban J connectivity index is 1.33. The molecule has 1 saturated heterocycles. The zero-order valence-corrected chi connectivity index (χ0v) is 17.7. The van der Waals surface area contributed by atoms with E-state index in [9.17, 15) is 9.59 Å². The summed E-state index contributed by atoms with van der Waals surface area (Å²) in [5.74, 6) is 1.80. The summed E-state index contributed by atoms with van der Waals surface area (Å²) in [7, 11) is 0. The van der Waals surface area contributed by atoms with Crippen LogP contribution in [0.5, 0.6) is 0 Å². The third-order valence-electron chi connectivity index (χ3n) is 5.47. The van der Waals surface area contributed by atoms with Gasteiger partial charge in [-0.3, -0.25) is 14.9 Å². The first-order valence-corrected chi connectivity index (χ1v) is 11.7. The Bertz CT molecular complexity index is 896. The molecule has 2 aliphatic heterocycles. The highest BCUT2D eigenvalue weighted by Crippen LogP contribution is 2.30. The molecule has 1 amide bonds. The number of unbranched alkanes of at least 4 members (excludes halogenated alkanes) is 1. The molecule has 9 heteroatoms. The number of piperidine rings is 1. The van der Waals surface area contributed by atoms with Crippen LogP contribution in [0.3, 0.4) is 0 Å². The molecule has 0 radical (unpaired) electrons. The molecule has 4 heterocycles. The highest BCUT2D eigenvalue weighted by molar-refractivity contribution is 7.99. The first-order chi connectivity index (χ1) is 13.6. The molecule has 3 atom stereocenters. The van der Waals surface area contributed by atoms with E-state index in [0.29, 0.717) is 23.5 Å². The van der Waals surface area contributed by atoms with Crippen LogP contribution < -0.4 is 15.8 Å². The average Bonchev–Trinajstić information content (AvgIpc) is 3.10. The number of hydrogen-bond acceptors (Lipinski definition) is 6. The summed E-state index contributed by atoms with van der Waals surface area (Å²) >= 11 is 2.88. The monoisotopic (exact) mass is 420 g/mol. The number of carbonyl (C=O) groups is 1. The number of anilines is 1. The summed E-state index contributed by atoms with van der Waals surface area (Å²) < 4.78 is 6.23. The van der Waals surface area contributed by atoms with Crippen molar-refractivity contribution in [1.29, 1.82) is 0 Å². The summed E-state index contributed by atoms with van der Waals surface area (Å²) in [5, 5.41) is 4.24. The number of thioether (sulfide) groups is 1. The number of nitrogens with one attached hydrogen (secondary N) is 2. The Kier molecular flexibility index (Phi) is 6.13. The van der Waals surface area contributed by atoms with Crippen molar-refractivity contribution >= 4 is 34.3 Å². The van der Waals surface area contributed by atoms with Crippen LogP contribution in [-0.4, -0.2) is 45.2 Å². The predicted molar refractivity (Wildman–Crippen MR) is 111 cm³/mol. The van der Waals surface area contributed by atoms with Gasteiger partial charge in [0.2, 0.25) is 10.3 Å². The molecule has 4 rings (SSSR count). The Hall–Kier alpha value is -1.71. The molecular formula is C19H26N5O2S2+. The van der Waals surface area contributed by atoms with Gasteiger partial charge >= 0.3 is 0 Å². The van der Waals surface area contributed by atoms with Crippen LogP contribution in [0.1, 0.15) is 37.8 Å². The number of hydrogen-bond donors (Lipinski definition) is 2. The van der Waals surface area contributed by atoms with Gasteiger partial charge in [0.15, 0.2) is 6.54 Å². The zero-order valence-electron chi connectivity index (χ0n) is 16.0. The summed E-state index contributed by atoms with van der Waals surface area (Å²) in [6, 6.07) is 5.55. The Morgan fingerprint density at radius 3 is 3.18 bits per heavy atom. The highest BCUT2D eigenvalue weighted by Gasteiger charge is 2.37. The minimum atomic E-state index is -0.0123. The molecule has 2 aliphatic rings. The molecule has 2 N–H and O–H groups in total. The fourth-order valence-electron chi connectivity index (χ4n) is 4.28. The highest BCUT2D eigenvalue weighted by atomic mass is 32.2. The van der Waals surface area contributed by atoms with Crippen LogP contribution in [0.4, 0.5) is 5.13 Å². The molecule has 7 nitrogen and oxygen atoms in total. The number of carbonyl (C=O) groups excluding carboxylic acids is 1. The molecule has 150 valence electrons. The van der Waals surface area contributed by atoms with E-state index < -0.39 is 0 Å². The molecule has 0 saturated carbocycles. The number of likely N-dealkylation sites (tertiary alicyclic amines) is 1. The number of nitrogens with zero attached hydrogens (tertiary/aromatic N) is 3. The van der Waals surface area contributed by atoms with Gasteiger partial charge in [-0.05, 0) is 18.9 Å². The van der Waals surface area contributed by atoms with E-state index in [-0.39, 0.29) is 11.5 Å². The van der Waals surface area contributed by atoms with E-state index in [4.69, 9.17) is 0 Å². The second-order valence-corrected chi connectivity index (χ2v) is 9.48. The average molecular weight is 421 g/mol. The fourth-order valence-corrected chi connectivity index (χ4v) is 5.93. The van der Waals surface area contributed by atoms with Crippen LogP contribution in [0, 0.1) is 5.92 Å². The van der Waals surface area contributed by atoms with Crippen molar-refractivity contribution in [2.75, 3.05) is 30.7 Å². The first kappa shape index (κ1) is 19.6. The Labute approximate surface area is 172 Å². The molecule has 0 aromatic carbocycles. The summed E-state index contributed by atoms with van der Waals surface area (Å²) in [6.45, 7) is 5.18. The van der Waals surface area contributed by atoms with Crippen molar-refractivity contribution in [3.05, 3.63) is 34.2 Å². The maximum atomic E-state index is 12.5. The zero-order chi connectivity index (χ0) is 19.5. The smallest absolute Gasteiger partial charge is 0.281 e. The van der Waals surface area contributed by atoms with E-state index in [2.05, 4.69) is 27.7 Å². The van der Waals surface area contributed by atoms with Gasteiger partial charge < -0.3 is 9.47 Å². The second kappa shape index (κ2) is 8.75. The Morgan fingerprint density at radius 2 is 2.32 bits per heavy atom. The van der Waals surface area contributed by atoms with Gasteiger partial charge in [0, 0.05) is 47.4 Å². The van der Waals surface area contributed by atoms with E-state index in [1.807, 2.05) is 10.6 Å². The summed E-state index contributed by atoms with van der Waals surface area (Å²) in [5.41, 5.74) is 1.22. The molecule has 0 aliphatic carbocycles. The number of pyridine rings is 1. The van der Waals surface area contributed by atoms with Gasteiger partial charge in [0.25, 0.3) is 11.5 Å².